The highest BCUT2D eigenvalue weighted by Crippen LogP contribution is 2.21. The number of pyridine rings is 1. The molecule has 7 heteroatoms. The molecule has 1 aliphatic heterocycles. The molecule has 1 saturated heterocycles. The molecular formula is C17H25N5O2. The lowest BCUT2D eigenvalue weighted by Crippen LogP contribution is -2.52. The molecule has 24 heavy (non-hydrogen) atoms. The minimum atomic E-state index is -0.0710. The van der Waals surface area contributed by atoms with Crippen molar-refractivity contribution in [3.8, 4) is 0 Å². The first-order chi connectivity index (χ1) is 11.4. The number of piperazine rings is 1. The third kappa shape index (κ3) is 2.84. The van der Waals surface area contributed by atoms with Crippen LogP contribution in [0.3, 0.4) is 0 Å². The summed E-state index contributed by atoms with van der Waals surface area (Å²) in [7, 11) is 1.69. The Morgan fingerprint density at radius 1 is 1.38 bits per heavy atom. The van der Waals surface area contributed by atoms with Crippen molar-refractivity contribution in [3.05, 3.63) is 27.2 Å². The van der Waals surface area contributed by atoms with Gasteiger partial charge in [-0.2, -0.15) is 0 Å². The standard InChI is InChI=1S/C17H25N5O2/c1-10-9-18-7-8-22(10)14(23)6-5-13-11(2)15-16(19-12(13)3)20-21(4)17(15)24/h10,18H,5-9H2,1-4H3,(H,19,20)/t10-/m0/s1. The fraction of sp³-hybridized carbons (Fsp3) is 0.588. The minimum absolute atomic E-state index is 0.0710. The van der Waals surface area contributed by atoms with Crippen LogP contribution < -0.4 is 10.9 Å². The van der Waals surface area contributed by atoms with E-state index in [-0.39, 0.29) is 17.5 Å². The summed E-state index contributed by atoms with van der Waals surface area (Å²) in [6.45, 7) is 8.40. The third-order valence-corrected chi connectivity index (χ3v) is 4.98. The lowest BCUT2D eigenvalue weighted by atomic mass is 10.00. The second kappa shape index (κ2) is 6.39. The van der Waals surface area contributed by atoms with Crippen LogP contribution in [0.5, 0.6) is 0 Å². The van der Waals surface area contributed by atoms with Crippen LogP contribution in [0.25, 0.3) is 11.0 Å². The summed E-state index contributed by atoms with van der Waals surface area (Å²) in [5.41, 5.74) is 3.36. The maximum Gasteiger partial charge on any atom is 0.276 e. The van der Waals surface area contributed by atoms with Gasteiger partial charge in [-0.1, -0.05) is 0 Å². The Kier molecular flexibility index (Phi) is 4.45. The number of nitrogens with one attached hydrogen (secondary N) is 2. The van der Waals surface area contributed by atoms with Gasteiger partial charge in [-0.3, -0.25) is 19.4 Å². The van der Waals surface area contributed by atoms with E-state index < -0.39 is 0 Å². The fourth-order valence-corrected chi connectivity index (χ4v) is 3.57. The Hall–Kier alpha value is -2.15. The van der Waals surface area contributed by atoms with E-state index in [4.69, 9.17) is 0 Å². The van der Waals surface area contributed by atoms with Crippen molar-refractivity contribution >= 4 is 16.9 Å². The molecule has 130 valence electrons. The largest absolute Gasteiger partial charge is 0.337 e. The number of aromatic amines is 1. The molecule has 0 radical (unpaired) electrons. The number of aryl methyl sites for hydroxylation is 3. The normalized spacial score (nSPS) is 18.3. The van der Waals surface area contributed by atoms with E-state index in [0.717, 1.165) is 36.5 Å². The number of fused-ring (bicyclic) bond motifs is 1. The molecular weight excluding hydrogens is 306 g/mol. The first-order valence-corrected chi connectivity index (χ1v) is 8.45. The van der Waals surface area contributed by atoms with E-state index in [1.165, 1.54) is 4.68 Å². The van der Waals surface area contributed by atoms with Crippen LogP contribution in [0.15, 0.2) is 4.79 Å². The minimum Gasteiger partial charge on any atom is -0.337 e. The topological polar surface area (TPSA) is 83.0 Å². The molecule has 2 N–H and O–H groups in total. The second-order valence-corrected chi connectivity index (χ2v) is 6.64. The Balaban J connectivity index is 1.83. The summed E-state index contributed by atoms with van der Waals surface area (Å²) < 4.78 is 1.45. The van der Waals surface area contributed by atoms with E-state index in [1.807, 2.05) is 18.7 Å². The van der Waals surface area contributed by atoms with Gasteiger partial charge < -0.3 is 10.2 Å². The van der Waals surface area contributed by atoms with Gasteiger partial charge in [0.15, 0.2) is 5.65 Å². The van der Waals surface area contributed by atoms with Gasteiger partial charge in [-0.15, -0.1) is 0 Å². The molecule has 1 aliphatic rings. The summed E-state index contributed by atoms with van der Waals surface area (Å²) in [6, 6.07) is 0.228. The maximum absolute atomic E-state index is 12.5. The molecule has 0 bridgehead atoms. The highest BCUT2D eigenvalue weighted by molar-refractivity contribution is 5.81. The van der Waals surface area contributed by atoms with E-state index in [2.05, 4.69) is 22.3 Å². The molecule has 7 nitrogen and oxygen atoms in total. The Bertz CT molecular complexity index is 836. The van der Waals surface area contributed by atoms with Gasteiger partial charge in [0.25, 0.3) is 5.56 Å². The summed E-state index contributed by atoms with van der Waals surface area (Å²) >= 11 is 0. The first kappa shape index (κ1) is 16.7. The number of aromatic nitrogens is 3. The van der Waals surface area contributed by atoms with Gasteiger partial charge in [-0.25, -0.2) is 4.98 Å². The molecule has 0 aliphatic carbocycles. The van der Waals surface area contributed by atoms with Crippen LogP contribution in [0.1, 0.15) is 30.2 Å². The van der Waals surface area contributed by atoms with Gasteiger partial charge >= 0.3 is 0 Å². The second-order valence-electron chi connectivity index (χ2n) is 6.64. The number of rotatable bonds is 3. The molecule has 0 saturated carbocycles. The van der Waals surface area contributed by atoms with Crippen molar-refractivity contribution in [3.63, 3.8) is 0 Å². The molecule has 1 atom stereocenters. The van der Waals surface area contributed by atoms with E-state index in [1.54, 1.807) is 7.05 Å². The fourth-order valence-electron chi connectivity index (χ4n) is 3.57. The van der Waals surface area contributed by atoms with Gasteiger partial charge in [0.05, 0.1) is 5.39 Å². The van der Waals surface area contributed by atoms with E-state index >= 15 is 0 Å². The molecule has 3 rings (SSSR count). The smallest absolute Gasteiger partial charge is 0.276 e. The Morgan fingerprint density at radius 3 is 2.83 bits per heavy atom. The highest BCUT2D eigenvalue weighted by Gasteiger charge is 2.23. The van der Waals surface area contributed by atoms with Crippen LogP contribution >= 0.6 is 0 Å². The zero-order valence-electron chi connectivity index (χ0n) is 14.8. The first-order valence-electron chi connectivity index (χ1n) is 8.45. The third-order valence-electron chi connectivity index (χ3n) is 4.98. The monoisotopic (exact) mass is 331 g/mol. The molecule has 2 aromatic heterocycles. The molecule has 1 amide bonds. The van der Waals surface area contributed by atoms with Crippen molar-refractivity contribution in [1.82, 2.24) is 25.0 Å². The average molecular weight is 331 g/mol. The van der Waals surface area contributed by atoms with Crippen molar-refractivity contribution in [2.75, 3.05) is 19.6 Å². The number of H-pyrrole nitrogens is 1. The predicted molar refractivity (Wildman–Crippen MR) is 93.2 cm³/mol. The Morgan fingerprint density at radius 2 is 2.12 bits per heavy atom. The zero-order chi connectivity index (χ0) is 17.4. The SMILES string of the molecule is Cc1nc2[nH]n(C)c(=O)c2c(C)c1CCC(=O)N1CCNC[C@@H]1C. The molecule has 3 heterocycles. The molecule has 2 aromatic rings. The van der Waals surface area contributed by atoms with Crippen LogP contribution in [0.2, 0.25) is 0 Å². The molecule has 1 fully saturated rings. The van der Waals surface area contributed by atoms with Gasteiger partial charge in [-0.05, 0) is 38.3 Å². The van der Waals surface area contributed by atoms with Crippen molar-refractivity contribution in [2.45, 2.75) is 39.7 Å². The summed E-state index contributed by atoms with van der Waals surface area (Å²) in [4.78, 5) is 31.3. The van der Waals surface area contributed by atoms with Crippen molar-refractivity contribution < 1.29 is 4.79 Å². The van der Waals surface area contributed by atoms with Crippen LogP contribution in [-0.2, 0) is 18.3 Å². The zero-order valence-corrected chi connectivity index (χ0v) is 14.8. The number of carbonyl (C=O) groups is 1. The van der Waals surface area contributed by atoms with Gasteiger partial charge in [0, 0.05) is 44.8 Å². The number of amides is 1. The van der Waals surface area contributed by atoms with Crippen LogP contribution in [-0.4, -0.2) is 51.2 Å². The lowest BCUT2D eigenvalue weighted by Gasteiger charge is -2.34. The molecule has 0 unspecified atom stereocenters. The van der Waals surface area contributed by atoms with E-state index in [0.29, 0.717) is 23.9 Å². The highest BCUT2D eigenvalue weighted by atomic mass is 16.2. The van der Waals surface area contributed by atoms with Crippen molar-refractivity contribution in [2.24, 2.45) is 7.05 Å². The number of carbonyl (C=O) groups excluding carboxylic acids is 1. The van der Waals surface area contributed by atoms with Crippen LogP contribution in [0, 0.1) is 13.8 Å². The van der Waals surface area contributed by atoms with Crippen LogP contribution in [0.4, 0.5) is 0 Å². The quantitative estimate of drug-likeness (QED) is 0.864. The lowest BCUT2D eigenvalue weighted by molar-refractivity contribution is -0.133. The van der Waals surface area contributed by atoms with Gasteiger partial charge in [0.1, 0.15) is 0 Å². The van der Waals surface area contributed by atoms with E-state index in [9.17, 15) is 9.59 Å². The summed E-state index contributed by atoms with van der Waals surface area (Å²) in [5.74, 6) is 0.171. The molecule has 0 spiro atoms. The number of nitrogens with zero attached hydrogens (tertiary/aromatic N) is 3. The number of hydrogen-bond acceptors (Lipinski definition) is 4. The summed E-state index contributed by atoms with van der Waals surface area (Å²) in [6.07, 6.45) is 1.06. The predicted octanol–water partition coefficient (Wildman–Crippen LogP) is 0.631. The molecule has 0 aromatic carbocycles. The number of hydrogen-bond donors (Lipinski definition) is 2. The maximum atomic E-state index is 12.5. The van der Waals surface area contributed by atoms with Gasteiger partial charge in [0.2, 0.25) is 5.91 Å². The Labute approximate surface area is 141 Å². The average Bonchev–Trinajstić information content (AvgIpc) is 2.81. The van der Waals surface area contributed by atoms with Crippen molar-refractivity contribution in [1.29, 1.82) is 0 Å². The summed E-state index contributed by atoms with van der Waals surface area (Å²) in [5, 5.41) is 6.89.